The van der Waals surface area contributed by atoms with Crippen LogP contribution in [0.4, 0.5) is 4.39 Å². The van der Waals surface area contributed by atoms with E-state index in [4.69, 9.17) is 11.6 Å². The number of halogens is 2. The molecule has 96 valence electrons. The number of rotatable bonds is 4. The highest BCUT2D eigenvalue weighted by Crippen LogP contribution is 2.22. The lowest BCUT2D eigenvalue weighted by molar-refractivity contribution is 0.583. The molecule has 0 saturated heterocycles. The zero-order valence-electron chi connectivity index (χ0n) is 8.93. The molecule has 0 aliphatic heterocycles. The highest BCUT2D eigenvalue weighted by atomic mass is 35.5. The minimum absolute atomic E-state index is 0.0506. The van der Waals surface area contributed by atoms with Gasteiger partial charge in [0.25, 0.3) is 10.0 Å². The molecule has 1 heterocycles. The van der Waals surface area contributed by atoms with Gasteiger partial charge in [-0.05, 0) is 17.7 Å². The van der Waals surface area contributed by atoms with Crippen LogP contribution in [0.3, 0.4) is 0 Å². The Morgan fingerprint density at radius 2 is 2.00 bits per heavy atom. The fraction of sp³-hybridized carbons (Fsp3) is 0.100. The third-order valence-electron chi connectivity index (χ3n) is 2.10. The second-order valence-corrected chi connectivity index (χ2v) is 6.99. The van der Waals surface area contributed by atoms with Gasteiger partial charge in [0.05, 0.1) is 6.20 Å². The molecule has 2 aromatic rings. The van der Waals surface area contributed by atoms with Crippen LogP contribution in [-0.2, 0) is 16.6 Å². The van der Waals surface area contributed by atoms with Crippen molar-refractivity contribution in [2.45, 2.75) is 10.8 Å². The fourth-order valence-electron chi connectivity index (χ4n) is 1.22. The predicted octanol–water partition coefficient (Wildman–Crippen LogP) is 2.41. The van der Waals surface area contributed by atoms with Gasteiger partial charge in [0, 0.05) is 6.54 Å². The summed E-state index contributed by atoms with van der Waals surface area (Å²) >= 11 is 6.45. The van der Waals surface area contributed by atoms with Gasteiger partial charge in [-0.3, -0.25) is 0 Å². The van der Waals surface area contributed by atoms with Gasteiger partial charge in [0.15, 0.2) is 8.68 Å². The minimum Gasteiger partial charge on any atom is -0.232 e. The first-order valence-corrected chi connectivity index (χ1v) is 7.50. The van der Waals surface area contributed by atoms with Gasteiger partial charge in [-0.25, -0.2) is 22.5 Å². The third-order valence-corrected chi connectivity index (χ3v) is 5.08. The second-order valence-electron chi connectivity index (χ2n) is 3.38. The van der Waals surface area contributed by atoms with Crippen molar-refractivity contribution < 1.29 is 12.8 Å². The topological polar surface area (TPSA) is 59.1 Å². The van der Waals surface area contributed by atoms with E-state index in [-0.39, 0.29) is 21.0 Å². The van der Waals surface area contributed by atoms with Crippen molar-refractivity contribution in [1.29, 1.82) is 0 Å². The lowest BCUT2D eigenvalue weighted by Gasteiger charge is -2.04. The largest absolute Gasteiger partial charge is 0.252 e. The van der Waals surface area contributed by atoms with E-state index in [1.165, 1.54) is 30.5 Å². The number of thiazole rings is 1. The van der Waals surface area contributed by atoms with Crippen molar-refractivity contribution in [3.05, 3.63) is 46.3 Å². The Bertz CT molecular complexity index is 640. The molecule has 0 saturated carbocycles. The van der Waals surface area contributed by atoms with Crippen molar-refractivity contribution >= 4 is 33.0 Å². The van der Waals surface area contributed by atoms with E-state index in [9.17, 15) is 12.8 Å². The van der Waals surface area contributed by atoms with Crippen LogP contribution in [0.15, 0.2) is 34.7 Å². The first kappa shape index (κ1) is 13.4. The van der Waals surface area contributed by atoms with Crippen LogP contribution < -0.4 is 4.72 Å². The molecule has 1 aromatic carbocycles. The molecule has 0 bridgehead atoms. The Kier molecular flexibility index (Phi) is 3.96. The highest BCUT2D eigenvalue weighted by Gasteiger charge is 2.16. The van der Waals surface area contributed by atoms with Gasteiger partial charge < -0.3 is 0 Å². The fourth-order valence-corrected chi connectivity index (χ4v) is 3.57. The number of aromatic nitrogens is 1. The first-order chi connectivity index (χ1) is 8.47. The summed E-state index contributed by atoms with van der Waals surface area (Å²) in [6.45, 7) is 0.0815. The van der Waals surface area contributed by atoms with Gasteiger partial charge in [0.1, 0.15) is 5.82 Å². The zero-order chi connectivity index (χ0) is 13.2. The number of hydrogen-bond acceptors (Lipinski definition) is 4. The third kappa shape index (κ3) is 3.26. The van der Waals surface area contributed by atoms with Gasteiger partial charge in [-0.1, -0.05) is 35.1 Å². The van der Waals surface area contributed by atoms with Crippen LogP contribution in [0.2, 0.25) is 4.47 Å². The van der Waals surface area contributed by atoms with Crippen LogP contribution in [0.5, 0.6) is 0 Å². The van der Waals surface area contributed by atoms with E-state index in [0.717, 1.165) is 11.3 Å². The van der Waals surface area contributed by atoms with Crippen molar-refractivity contribution in [2.24, 2.45) is 0 Å². The maximum absolute atomic E-state index is 12.7. The number of hydrogen-bond donors (Lipinski definition) is 1. The number of sulfonamides is 1. The quantitative estimate of drug-likeness (QED) is 0.943. The van der Waals surface area contributed by atoms with E-state index < -0.39 is 10.0 Å². The van der Waals surface area contributed by atoms with E-state index >= 15 is 0 Å². The van der Waals surface area contributed by atoms with Crippen LogP contribution in [0, 0.1) is 5.82 Å². The van der Waals surface area contributed by atoms with Gasteiger partial charge in [0.2, 0.25) is 0 Å². The first-order valence-electron chi connectivity index (χ1n) is 4.83. The summed E-state index contributed by atoms with van der Waals surface area (Å²) in [6, 6.07) is 5.56. The standard InChI is InChI=1S/C10H8ClFN2O2S2/c11-10-13-6-9(17-10)18(15,16)14-5-7-1-3-8(12)4-2-7/h1-4,6,14H,5H2. The Labute approximate surface area is 112 Å². The molecule has 0 fully saturated rings. The van der Waals surface area contributed by atoms with Crippen molar-refractivity contribution in [1.82, 2.24) is 9.71 Å². The Morgan fingerprint density at radius 3 is 2.56 bits per heavy atom. The molecule has 0 aliphatic carbocycles. The summed E-state index contributed by atoms with van der Waals surface area (Å²) in [5.74, 6) is -0.365. The minimum atomic E-state index is -3.62. The average molecular weight is 307 g/mol. The van der Waals surface area contributed by atoms with E-state index in [1.807, 2.05) is 0 Å². The molecule has 18 heavy (non-hydrogen) atoms. The van der Waals surface area contributed by atoms with Crippen LogP contribution >= 0.6 is 22.9 Å². The smallest absolute Gasteiger partial charge is 0.232 e. The molecule has 1 aromatic heterocycles. The Hall–Kier alpha value is -1.02. The predicted molar refractivity (Wildman–Crippen MR) is 67.5 cm³/mol. The molecule has 0 amide bonds. The van der Waals surface area contributed by atoms with E-state index in [0.29, 0.717) is 5.56 Å². The summed E-state index contributed by atoms with van der Waals surface area (Å²) < 4.78 is 38.9. The molecule has 1 N–H and O–H groups in total. The molecular weight excluding hydrogens is 299 g/mol. The number of benzene rings is 1. The molecule has 0 aliphatic rings. The highest BCUT2D eigenvalue weighted by molar-refractivity contribution is 7.91. The molecule has 0 atom stereocenters. The van der Waals surface area contributed by atoms with Crippen molar-refractivity contribution in [3.8, 4) is 0 Å². The van der Waals surface area contributed by atoms with E-state index in [1.54, 1.807) is 0 Å². The summed E-state index contributed by atoms with van der Waals surface area (Å²) in [4.78, 5) is 3.66. The summed E-state index contributed by atoms with van der Waals surface area (Å²) in [5, 5.41) is 0. The average Bonchev–Trinajstić information content (AvgIpc) is 2.76. The van der Waals surface area contributed by atoms with Crippen LogP contribution in [0.25, 0.3) is 0 Å². The lowest BCUT2D eigenvalue weighted by Crippen LogP contribution is -2.22. The molecule has 2 rings (SSSR count). The Morgan fingerprint density at radius 1 is 1.33 bits per heavy atom. The summed E-state index contributed by atoms with van der Waals surface area (Å²) in [6.07, 6.45) is 1.19. The number of nitrogens with one attached hydrogen (secondary N) is 1. The maximum Gasteiger partial charge on any atom is 0.252 e. The SMILES string of the molecule is O=S(=O)(NCc1ccc(F)cc1)c1cnc(Cl)s1. The second kappa shape index (κ2) is 5.31. The monoisotopic (exact) mass is 306 g/mol. The van der Waals surface area contributed by atoms with Crippen molar-refractivity contribution in [2.75, 3.05) is 0 Å². The normalized spacial score (nSPS) is 11.7. The van der Waals surface area contributed by atoms with Gasteiger partial charge >= 0.3 is 0 Å². The summed E-state index contributed by atoms with van der Waals surface area (Å²) in [7, 11) is -3.62. The van der Waals surface area contributed by atoms with E-state index in [2.05, 4.69) is 9.71 Å². The molecule has 0 radical (unpaired) electrons. The molecular formula is C10H8ClFN2O2S2. The van der Waals surface area contributed by atoms with Gasteiger partial charge in [-0.15, -0.1) is 0 Å². The molecule has 8 heteroatoms. The van der Waals surface area contributed by atoms with Crippen LogP contribution in [-0.4, -0.2) is 13.4 Å². The molecule has 4 nitrogen and oxygen atoms in total. The molecule has 0 spiro atoms. The number of nitrogens with zero attached hydrogens (tertiary/aromatic N) is 1. The maximum atomic E-state index is 12.7. The van der Waals surface area contributed by atoms with Crippen molar-refractivity contribution in [3.63, 3.8) is 0 Å². The Balaban J connectivity index is 2.08. The zero-order valence-corrected chi connectivity index (χ0v) is 11.3. The molecule has 0 unspecified atom stereocenters. The summed E-state index contributed by atoms with van der Waals surface area (Å²) in [5.41, 5.74) is 0.663. The van der Waals surface area contributed by atoms with Crippen LogP contribution in [0.1, 0.15) is 5.56 Å². The van der Waals surface area contributed by atoms with Gasteiger partial charge in [-0.2, -0.15) is 0 Å². The lowest BCUT2D eigenvalue weighted by atomic mass is 10.2.